The van der Waals surface area contributed by atoms with Crippen LogP contribution in [-0.4, -0.2) is 68.4 Å². The van der Waals surface area contributed by atoms with Gasteiger partial charge in [-0.2, -0.15) is 5.10 Å². The van der Waals surface area contributed by atoms with E-state index in [-0.39, 0.29) is 18.4 Å². The third-order valence-corrected chi connectivity index (χ3v) is 5.01. The number of hydrogen-bond donors (Lipinski definition) is 3. The lowest BCUT2D eigenvalue weighted by Gasteiger charge is -2.29. The minimum atomic E-state index is -0.535. The molecule has 0 radical (unpaired) electrons. The van der Waals surface area contributed by atoms with Crippen molar-refractivity contribution in [2.45, 2.75) is 45.2 Å². The van der Waals surface area contributed by atoms with Crippen LogP contribution in [0.15, 0.2) is 18.5 Å². The smallest absolute Gasteiger partial charge is 0.254 e. The van der Waals surface area contributed by atoms with Gasteiger partial charge < -0.3 is 21.3 Å². The summed E-state index contributed by atoms with van der Waals surface area (Å²) >= 11 is 0. The molecule has 3 rings (SSSR count). The molecule has 3 heterocycles. The lowest BCUT2D eigenvalue weighted by atomic mass is 10.1. The van der Waals surface area contributed by atoms with Gasteiger partial charge in [-0.3, -0.25) is 14.4 Å². The van der Waals surface area contributed by atoms with Crippen LogP contribution in [0.4, 0.5) is 0 Å². The van der Waals surface area contributed by atoms with Crippen molar-refractivity contribution in [1.82, 2.24) is 30.1 Å². The van der Waals surface area contributed by atoms with Crippen LogP contribution < -0.4 is 16.4 Å². The lowest BCUT2D eigenvalue weighted by Crippen LogP contribution is -2.54. The van der Waals surface area contributed by atoms with Crippen LogP contribution >= 0.6 is 0 Å². The van der Waals surface area contributed by atoms with Crippen LogP contribution in [0.25, 0.3) is 5.65 Å². The Hall–Kier alpha value is -3.01. The van der Waals surface area contributed by atoms with E-state index in [9.17, 15) is 14.4 Å². The van der Waals surface area contributed by atoms with Crippen molar-refractivity contribution in [2.24, 2.45) is 5.73 Å². The minimum absolute atomic E-state index is 0.0622. The summed E-state index contributed by atoms with van der Waals surface area (Å²) in [7, 11) is 0. The monoisotopic (exact) mass is 401 g/mol. The number of fused-ring (bicyclic) bond motifs is 1. The van der Waals surface area contributed by atoms with Gasteiger partial charge in [0.25, 0.3) is 5.91 Å². The quantitative estimate of drug-likeness (QED) is 0.578. The van der Waals surface area contributed by atoms with Crippen molar-refractivity contribution in [3.63, 3.8) is 0 Å². The Balaban J connectivity index is 1.52. The summed E-state index contributed by atoms with van der Waals surface area (Å²) in [5.41, 5.74) is 6.73. The first kappa shape index (κ1) is 20.7. The Morgan fingerprint density at radius 2 is 2.10 bits per heavy atom. The molecule has 1 atom stereocenters. The third-order valence-electron chi connectivity index (χ3n) is 5.01. The van der Waals surface area contributed by atoms with Gasteiger partial charge in [0.1, 0.15) is 6.04 Å². The van der Waals surface area contributed by atoms with Crippen molar-refractivity contribution in [1.29, 1.82) is 0 Å². The molecule has 0 aliphatic carbocycles. The molecular weight excluding hydrogens is 374 g/mol. The highest BCUT2D eigenvalue weighted by Crippen LogP contribution is 2.17. The van der Waals surface area contributed by atoms with Crippen LogP contribution in [0.3, 0.4) is 0 Å². The summed E-state index contributed by atoms with van der Waals surface area (Å²) in [6, 6.07) is 1.30. The summed E-state index contributed by atoms with van der Waals surface area (Å²) in [6.45, 7) is 6.52. The molecule has 0 saturated carbocycles. The molecule has 156 valence electrons. The largest absolute Gasteiger partial charge is 0.368 e. The number of carbonyl (C=O) groups excluding carboxylic acids is 3. The summed E-state index contributed by atoms with van der Waals surface area (Å²) in [6.07, 6.45) is 4.51. The minimum Gasteiger partial charge on any atom is -0.368 e. The van der Waals surface area contributed by atoms with E-state index in [4.69, 9.17) is 5.73 Å². The number of likely N-dealkylation sites (tertiary alicyclic amines) is 1. The van der Waals surface area contributed by atoms with Gasteiger partial charge in [-0.05, 0) is 33.6 Å². The molecule has 0 unspecified atom stereocenters. The second-order valence-electron chi connectivity index (χ2n) is 8.00. The first-order chi connectivity index (χ1) is 13.7. The van der Waals surface area contributed by atoms with Crippen LogP contribution in [0.1, 0.15) is 42.7 Å². The van der Waals surface area contributed by atoms with E-state index in [1.54, 1.807) is 10.7 Å². The number of amides is 3. The summed E-state index contributed by atoms with van der Waals surface area (Å²) < 4.78 is 1.57. The van der Waals surface area contributed by atoms with Crippen LogP contribution in [0.2, 0.25) is 0 Å². The molecule has 1 aliphatic heterocycles. The number of primary amides is 1. The van der Waals surface area contributed by atoms with E-state index >= 15 is 0 Å². The van der Waals surface area contributed by atoms with Gasteiger partial charge in [-0.25, -0.2) is 9.50 Å². The number of carbonyl (C=O) groups is 3. The third kappa shape index (κ3) is 4.89. The highest BCUT2D eigenvalue weighted by Gasteiger charge is 2.33. The molecule has 1 saturated heterocycles. The number of nitrogens with one attached hydrogen (secondary N) is 2. The maximum Gasteiger partial charge on any atom is 0.254 e. The van der Waals surface area contributed by atoms with Crippen molar-refractivity contribution in [3.8, 4) is 0 Å². The molecule has 2 aromatic rings. The number of nitrogens with zero attached hydrogens (tertiary/aromatic N) is 4. The topological polar surface area (TPSA) is 135 Å². The molecule has 0 spiro atoms. The zero-order valence-corrected chi connectivity index (χ0v) is 16.9. The van der Waals surface area contributed by atoms with E-state index < -0.39 is 17.5 Å². The zero-order valence-electron chi connectivity index (χ0n) is 16.9. The molecule has 10 nitrogen and oxygen atoms in total. The first-order valence-corrected chi connectivity index (χ1v) is 9.60. The van der Waals surface area contributed by atoms with Gasteiger partial charge in [-0.15, -0.1) is 0 Å². The van der Waals surface area contributed by atoms with Gasteiger partial charge in [0.05, 0.1) is 17.8 Å². The molecule has 3 amide bonds. The molecule has 1 aliphatic rings. The van der Waals surface area contributed by atoms with Gasteiger partial charge in [-0.1, -0.05) is 0 Å². The summed E-state index contributed by atoms with van der Waals surface area (Å²) in [4.78, 5) is 42.1. The first-order valence-electron chi connectivity index (χ1n) is 9.60. The fourth-order valence-electron chi connectivity index (χ4n) is 3.36. The van der Waals surface area contributed by atoms with E-state index in [1.807, 2.05) is 26.8 Å². The normalized spacial score (nSPS) is 16.9. The maximum absolute atomic E-state index is 12.5. The molecule has 29 heavy (non-hydrogen) atoms. The van der Waals surface area contributed by atoms with Gasteiger partial charge in [0.2, 0.25) is 11.8 Å². The SMILES string of the molecule is Cc1cc2ncc(C(=O)NCC(C)(C)NCC(=O)N3CCC[C@H]3C(N)=O)cn2n1. The lowest BCUT2D eigenvalue weighted by molar-refractivity contribution is -0.136. The number of aromatic nitrogens is 3. The Morgan fingerprint density at radius 3 is 2.83 bits per heavy atom. The second-order valence-corrected chi connectivity index (χ2v) is 8.00. The van der Waals surface area contributed by atoms with Crippen LogP contribution in [0, 0.1) is 6.92 Å². The van der Waals surface area contributed by atoms with Crippen LogP contribution in [-0.2, 0) is 9.59 Å². The highest BCUT2D eigenvalue weighted by molar-refractivity contribution is 5.93. The maximum atomic E-state index is 12.5. The average molecular weight is 401 g/mol. The number of rotatable bonds is 7. The predicted octanol–water partition coefficient (Wildman–Crippen LogP) is -0.388. The molecule has 10 heteroatoms. The van der Waals surface area contributed by atoms with E-state index in [0.29, 0.717) is 30.7 Å². The number of nitrogens with two attached hydrogens (primary N) is 1. The van der Waals surface area contributed by atoms with Gasteiger partial charge in [0, 0.05) is 37.1 Å². The number of hydrogen-bond acceptors (Lipinski definition) is 6. The highest BCUT2D eigenvalue weighted by atomic mass is 16.2. The van der Waals surface area contributed by atoms with E-state index in [2.05, 4.69) is 20.7 Å². The van der Waals surface area contributed by atoms with Crippen LogP contribution in [0.5, 0.6) is 0 Å². The van der Waals surface area contributed by atoms with Crippen molar-refractivity contribution < 1.29 is 14.4 Å². The molecule has 4 N–H and O–H groups in total. The zero-order chi connectivity index (χ0) is 21.2. The van der Waals surface area contributed by atoms with Gasteiger partial charge >= 0.3 is 0 Å². The fraction of sp³-hybridized carbons (Fsp3) is 0.526. The average Bonchev–Trinajstić information content (AvgIpc) is 3.29. The van der Waals surface area contributed by atoms with Gasteiger partial charge in [0.15, 0.2) is 5.65 Å². The molecule has 0 aromatic carbocycles. The second kappa shape index (κ2) is 8.16. The van der Waals surface area contributed by atoms with Crippen molar-refractivity contribution in [2.75, 3.05) is 19.6 Å². The summed E-state index contributed by atoms with van der Waals surface area (Å²) in [5, 5.41) is 10.3. The van der Waals surface area contributed by atoms with E-state index in [0.717, 1.165) is 12.1 Å². The van der Waals surface area contributed by atoms with Crippen molar-refractivity contribution in [3.05, 3.63) is 29.7 Å². The standard InChI is InChI=1S/C19H27N7O3/c1-12-7-15-21-8-13(10-26(15)24-12)18(29)22-11-19(2,3)23-9-16(27)25-6-4-5-14(25)17(20)28/h7-8,10,14,23H,4-6,9,11H2,1-3H3,(H2,20,28)(H,22,29)/t14-/m0/s1. The summed E-state index contributed by atoms with van der Waals surface area (Å²) in [5.74, 6) is -0.920. The molecule has 2 aromatic heterocycles. The van der Waals surface area contributed by atoms with E-state index in [1.165, 1.54) is 11.1 Å². The fourth-order valence-corrected chi connectivity index (χ4v) is 3.36. The molecule has 1 fully saturated rings. The Morgan fingerprint density at radius 1 is 1.34 bits per heavy atom. The molecule has 0 bridgehead atoms. The van der Waals surface area contributed by atoms with Crippen molar-refractivity contribution >= 4 is 23.4 Å². The Bertz CT molecular complexity index is 937. The number of aryl methyl sites for hydroxylation is 1. The predicted molar refractivity (Wildman–Crippen MR) is 106 cm³/mol. The Kier molecular flexibility index (Phi) is 5.83. The Labute approximate surface area is 168 Å². The molecular formula is C19H27N7O3.